The van der Waals surface area contributed by atoms with Crippen LogP contribution in [0, 0.1) is 17.2 Å². The molecule has 0 N–H and O–H groups in total. The van der Waals surface area contributed by atoms with Crippen molar-refractivity contribution in [1.29, 1.82) is 5.26 Å². The Bertz CT molecular complexity index is 2790. The van der Waals surface area contributed by atoms with Crippen molar-refractivity contribution < 1.29 is 0 Å². The molecule has 0 amide bonds. The van der Waals surface area contributed by atoms with Gasteiger partial charge in [0, 0.05) is 38.6 Å². The zero-order valence-corrected chi connectivity index (χ0v) is 29.1. The molecule has 0 bridgehead atoms. The van der Waals surface area contributed by atoms with Gasteiger partial charge in [-0.15, -0.1) is 0 Å². The van der Waals surface area contributed by atoms with Gasteiger partial charge < -0.3 is 0 Å². The predicted molar refractivity (Wildman–Crippen MR) is 215 cm³/mol. The second-order valence-corrected chi connectivity index (χ2v) is 13.5. The van der Waals surface area contributed by atoms with Gasteiger partial charge in [-0.2, -0.15) is 5.26 Å². The molecule has 1 atom stereocenters. The van der Waals surface area contributed by atoms with Crippen molar-refractivity contribution in [3.63, 3.8) is 0 Å². The fourth-order valence-electron chi connectivity index (χ4n) is 7.07. The number of nitrogens with zero attached hydrogens (tertiary/aromatic N) is 5. The first-order valence-corrected chi connectivity index (χ1v) is 17.8. The van der Waals surface area contributed by atoms with Gasteiger partial charge in [0.2, 0.25) is 0 Å². The van der Waals surface area contributed by atoms with E-state index in [1.54, 1.807) is 0 Å². The van der Waals surface area contributed by atoms with Crippen LogP contribution in [0.5, 0.6) is 0 Å². The smallest absolute Gasteiger partial charge is 0.160 e. The molecule has 0 fully saturated rings. The Morgan fingerprint density at radius 2 is 1.09 bits per heavy atom. The second kappa shape index (κ2) is 13.6. The summed E-state index contributed by atoms with van der Waals surface area (Å²) in [7, 11) is 0. The molecule has 8 aromatic rings. The minimum atomic E-state index is 0.509. The summed E-state index contributed by atoms with van der Waals surface area (Å²) in [6.07, 6.45) is 7.57. The number of nitriles is 1. The van der Waals surface area contributed by atoms with E-state index in [1.165, 1.54) is 0 Å². The molecule has 2 heterocycles. The normalized spacial score (nSPS) is 13.9. The van der Waals surface area contributed by atoms with Crippen molar-refractivity contribution in [2.75, 3.05) is 0 Å². The van der Waals surface area contributed by atoms with E-state index in [2.05, 4.69) is 98.0 Å². The van der Waals surface area contributed by atoms with E-state index in [0.717, 1.165) is 90.0 Å². The lowest BCUT2D eigenvalue weighted by molar-refractivity contribution is 0.738. The number of benzene rings is 6. The first kappa shape index (κ1) is 31.9. The van der Waals surface area contributed by atoms with Gasteiger partial charge in [-0.25, -0.2) is 19.9 Å². The van der Waals surface area contributed by atoms with Gasteiger partial charge in [0.25, 0.3) is 0 Å². The minimum Gasteiger partial charge on any atom is -0.228 e. The van der Waals surface area contributed by atoms with Crippen LogP contribution < -0.4 is 0 Å². The maximum absolute atomic E-state index is 10.3. The third kappa shape index (κ3) is 6.17. The van der Waals surface area contributed by atoms with Crippen molar-refractivity contribution in [2.45, 2.75) is 13.3 Å². The molecule has 0 spiro atoms. The molecule has 2 aromatic heterocycles. The number of fused-ring (bicyclic) bond motifs is 2. The Hall–Kier alpha value is -7.03. The van der Waals surface area contributed by atoms with Gasteiger partial charge >= 0.3 is 0 Å². The van der Waals surface area contributed by atoms with Crippen molar-refractivity contribution in [3.05, 3.63) is 175 Å². The molecular formula is C48H33N5. The number of rotatable bonds is 6. The van der Waals surface area contributed by atoms with Crippen LogP contribution in [0.15, 0.2) is 164 Å². The largest absolute Gasteiger partial charge is 0.228 e. The SMILES string of the molecule is CC1C=CC(c2nc(-c3cccc(-c4ccc(C#N)c(-c5cccc(-c6nc(-c7ccccc7)nc7ccccc67)c5)c4)c3)c3ccccc3n2)=CC1. The van der Waals surface area contributed by atoms with Crippen LogP contribution in [-0.2, 0) is 0 Å². The van der Waals surface area contributed by atoms with E-state index in [1.807, 2.05) is 78.9 Å². The predicted octanol–water partition coefficient (Wildman–Crippen LogP) is 11.8. The highest BCUT2D eigenvalue weighted by Crippen LogP contribution is 2.36. The lowest BCUT2D eigenvalue weighted by atomic mass is 9.92. The standard InChI is InChI=1S/C48H33N5/c1-31-21-23-33(24-22-31)48-51-44-20-8-5-17-40(44)45(53-48)37-15-9-13-34(27-37)35-25-26-39(30-49)42(29-35)36-14-10-16-38(28-36)46-41-18-6-7-19-43(41)50-47(52-46)32-11-3-2-4-12-32/h2-21,23-29,31H,22H2,1H3. The summed E-state index contributed by atoms with van der Waals surface area (Å²) in [4.78, 5) is 20.1. The molecule has 1 unspecified atom stereocenters. The summed E-state index contributed by atoms with van der Waals surface area (Å²) in [5.41, 5.74) is 12.0. The molecule has 1 aliphatic carbocycles. The van der Waals surface area contributed by atoms with Crippen molar-refractivity contribution >= 4 is 27.4 Å². The number of hydrogen-bond donors (Lipinski definition) is 0. The van der Waals surface area contributed by atoms with Gasteiger partial charge in [0.05, 0.1) is 34.1 Å². The van der Waals surface area contributed by atoms with E-state index in [9.17, 15) is 5.26 Å². The zero-order chi connectivity index (χ0) is 35.7. The Kier molecular flexibility index (Phi) is 8.19. The fourth-order valence-corrected chi connectivity index (χ4v) is 7.07. The molecule has 250 valence electrons. The molecule has 9 rings (SSSR count). The molecule has 0 saturated carbocycles. The fraction of sp³-hybridized carbons (Fsp3) is 0.0625. The average Bonchev–Trinajstić information content (AvgIpc) is 3.23. The highest BCUT2D eigenvalue weighted by Gasteiger charge is 2.17. The average molecular weight is 680 g/mol. The lowest BCUT2D eigenvalue weighted by Crippen LogP contribution is -2.01. The van der Waals surface area contributed by atoms with Crippen molar-refractivity contribution in [2.24, 2.45) is 5.92 Å². The summed E-state index contributed by atoms with van der Waals surface area (Å²) < 4.78 is 0. The summed E-state index contributed by atoms with van der Waals surface area (Å²) in [5, 5.41) is 12.3. The van der Waals surface area contributed by atoms with Crippen molar-refractivity contribution in [1.82, 2.24) is 19.9 Å². The summed E-state index contributed by atoms with van der Waals surface area (Å²) in [5.74, 6) is 1.92. The van der Waals surface area contributed by atoms with E-state index in [0.29, 0.717) is 17.3 Å². The molecule has 53 heavy (non-hydrogen) atoms. The zero-order valence-electron chi connectivity index (χ0n) is 29.1. The van der Waals surface area contributed by atoms with Gasteiger partial charge in [0.1, 0.15) is 0 Å². The van der Waals surface area contributed by atoms with E-state index in [-0.39, 0.29) is 0 Å². The molecule has 1 aliphatic rings. The number of aromatic nitrogens is 4. The first-order chi connectivity index (χ1) is 26.1. The molecule has 6 aromatic carbocycles. The number of hydrogen-bond acceptors (Lipinski definition) is 5. The van der Waals surface area contributed by atoms with Crippen LogP contribution in [0.25, 0.3) is 83.5 Å². The minimum absolute atomic E-state index is 0.509. The topological polar surface area (TPSA) is 75.3 Å². The number of para-hydroxylation sites is 2. The quantitative estimate of drug-likeness (QED) is 0.175. The van der Waals surface area contributed by atoms with Crippen LogP contribution >= 0.6 is 0 Å². The molecule has 0 radical (unpaired) electrons. The lowest BCUT2D eigenvalue weighted by Gasteiger charge is -2.14. The van der Waals surface area contributed by atoms with Crippen LogP contribution in [0.1, 0.15) is 24.7 Å². The monoisotopic (exact) mass is 679 g/mol. The summed E-state index contributed by atoms with van der Waals surface area (Å²) in [6, 6.07) is 51.6. The summed E-state index contributed by atoms with van der Waals surface area (Å²) in [6.45, 7) is 2.22. The Morgan fingerprint density at radius 3 is 1.77 bits per heavy atom. The molecule has 0 saturated heterocycles. The van der Waals surface area contributed by atoms with Crippen LogP contribution in [0.3, 0.4) is 0 Å². The Labute approximate surface area is 308 Å². The van der Waals surface area contributed by atoms with Gasteiger partial charge in [-0.3, -0.25) is 0 Å². The van der Waals surface area contributed by atoms with E-state index in [4.69, 9.17) is 19.9 Å². The highest BCUT2D eigenvalue weighted by atomic mass is 14.9. The third-order valence-electron chi connectivity index (χ3n) is 9.87. The van der Waals surface area contributed by atoms with Gasteiger partial charge in [0.15, 0.2) is 11.6 Å². The van der Waals surface area contributed by atoms with Crippen LogP contribution in [0.2, 0.25) is 0 Å². The number of allylic oxidation sites excluding steroid dienone is 4. The Balaban J connectivity index is 1.13. The van der Waals surface area contributed by atoms with Gasteiger partial charge in [-0.1, -0.05) is 134 Å². The van der Waals surface area contributed by atoms with Crippen LogP contribution in [0.4, 0.5) is 0 Å². The maximum atomic E-state index is 10.3. The van der Waals surface area contributed by atoms with E-state index < -0.39 is 0 Å². The molecule has 5 nitrogen and oxygen atoms in total. The Morgan fingerprint density at radius 1 is 0.528 bits per heavy atom. The molecule has 0 aliphatic heterocycles. The second-order valence-electron chi connectivity index (χ2n) is 13.5. The van der Waals surface area contributed by atoms with Crippen molar-refractivity contribution in [3.8, 4) is 62.2 Å². The third-order valence-corrected chi connectivity index (χ3v) is 9.87. The molecular weight excluding hydrogens is 647 g/mol. The van der Waals surface area contributed by atoms with Crippen LogP contribution in [-0.4, -0.2) is 19.9 Å². The maximum Gasteiger partial charge on any atom is 0.160 e. The van der Waals surface area contributed by atoms with Gasteiger partial charge in [-0.05, 0) is 65.4 Å². The van der Waals surface area contributed by atoms with E-state index >= 15 is 0 Å². The highest BCUT2D eigenvalue weighted by molar-refractivity contribution is 5.96. The summed E-state index contributed by atoms with van der Waals surface area (Å²) >= 11 is 0. The molecule has 5 heteroatoms. The first-order valence-electron chi connectivity index (χ1n) is 17.8.